The number of aryl methyl sites for hydroxylation is 2. The van der Waals surface area contributed by atoms with Crippen molar-refractivity contribution < 1.29 is 14.8 Å². The third kappa shape index (κ3) is 6.97. The monoisotopic (exact) mass is 595 g/mol. The van der Waals surface area contributed by atoms with E-state index in [1.54, 1.807) is 41.2 Å². The zero-order chi connectivity index (χ0) is 31.8. The van der Waals surface area contributed by atoms with E-state index in [4.69, 9.17) is 27.4 Å². The maximum Gasteiger partial charge on any atom is 0.274 e. The molecular weight excluding hydrogens is 562 g/mol. The number of amides is 2. The fourth-order valence-electron chi connectivity index (χ4n) is 4.56. The predicted octanol–water partition coefficient (Wildman–Crippen LogP) is 3.12. The number of fused-ring (bicyclic) bond motifs is 1. The largest absolute Gasteiger partial charge is 0.383 e. The van der Waals surface area contributed by atoms with Crippen molar-refractivity contribution in [1.82, 2.24) is 25.0 Å². The molecule has 0 aliphatic heterocycles. The third-order valence-corrected chi connectivity index (χ3v) is 6.58. The van der Waals surface area contributed by atoms with Crippen molar-refractivity contribution in [3.05, 3.63) is 111 Å². The van der Waals surface area contributed by atoms with E-state index in [1.165, 1.54) is 0 Å². The molecule has 5 rings (SSSR count). The molecule has 0 fully saturated rings. The van der Waals surface area contributed by atoms with Gasteiger partial charge in [0.15, 0.2) is 0 Å². The van der Waals surface area contributed by atoms with Crippen LogP contribution < -0.4 is 33.6 Å². The molecule has 2 aromatic heterocycles. The molecule has 0 spiro atoms. The average molecular weight is 596 g/mol. The maximum atomic E-state index is 13.6. The van der Waals surface area contributed by atoms with E-state index in [0.29, 0.717) is 40.9 Å². The minimum Gasteiger partial charge on any atom is -0.383 e. The summed E-state index contributed by atoms with van der Waals surface area (Å²) >= 11 is 0. The number of anilines is 3. The van der Waals surface area contributed by atoms with Crippen molar-refractivity contribution in [2.45, 2.75) is 33.2 Å². The number of para-hydroxylation sites is 1. The van der Waals surface area contributed by atoms with E-state index in [-0.39, 0.29) is 22.8 Å². The number of carbonyl (C=O) groups excluding carboxylic acids is 2. The number of hydrogen-bond acceptors (Lipinski definition) is 10. The van der Waals surface area contributed by atoms with Crippen LogP contribution >= 0.6 is 0 Å². The highest BCUT2D eigenvalue weighted by atomic mass is 16.5. The number of hydrogen-bond donors (Lipinski definition) is 6. The molecule has 2 amide bonds. The zero-order valence-electron chi connectivity index (χ0n) is 24.2. The molecule has 0 radical (unpaired) electrons. The lowest BCUT2D eigenvalue weighted by molar-refractivity contribution is 0.0706. The first-order valence-corrected chi connectivity index (χ1v) is 13.7. The van der Waals surface area contributed by atoms with E-state index in [9.17, 15) is 14.4 Å². The van der Waals surface area contributed by atoms with E-state index < -0.39 is 11.8 Å². The fraction of sp³-hybridized carbons (Fsp3) is 0.161. The summed E-state index contributed by atoms with van der Waals surface area (Å²) in [6, 6.07) is 22.0. The van der Waals surface area contributed by atoms with Gasteiger partial charge in [0.2, 0.25) is 0 Å². The van der Waals surface area contributed by atoms with Crippen LogP contribution in [-0.4, -0.2) is 36.5 Å². The van der Waals surface area contributed by atoms with Crippen molar-refractivity contribution in [2.75, 3.05) is 16.8 Å². The standard InChI is InChI=1S/C25H24N4O3.C6H9N5O/c1-2-7-22-27-21-11-6-10-20(23(21)25(31)29(22)19-8-4-3-5-9-19)26-16-17-12-14-18(15-13-17)24(30)28-32;1-2-10-4(7)3(6(9)12)5(8)11-2/h3-6,8-15,26,32H,2,7,16H2,1H3,(H,28,30);1H3,(H2,9,12)(H4,7,8,10,11). The van der Waals surface area contributed by atoms with Crippen LogP contribution in [-0.2, 0) is 13.0 Å². The highest BCUT2D eigenvalue weighted by molar-refractivity contribution is 6.01. The van der Waals surface area contributed by atoms with Crippen LogP contribution in [0, 0.1) is 6.92 Å². The molecule has 13 heteroatoms. The van der Waals surface area contributed by atoms with Gasteiger partial charge in [0.1, 0.15) is 28.8 Å². The summed E-state index contributed by atoms with van der Waals surface area (Å²) in [5.41, 5.74) is 20.7. The number of nitrogens with two attached hydrogens (primary N) is 3. The third-order valence-electron chi connectivity index (χ3n) is 6.58. The first-order valence-electron chi connectivity index (χ1n) is 13.7. The Balaban J connectivity index is 0.000000309. The van der Waals surface area contributed by atoms with Gasteiger partial charge in [-0.25, -0.2) is 20.4 Å². The molecule has 0 aliphatic carbocycles. The zero-order valence-corrected chi connectivity index (χ0v) is 24.2. The maximum absolute atomic E-state index is 13.6. The van der Waals surface area contributed by atoms with Crippen LogP contribution in [0.4, 0.5) is 17.3 Å². The number of hydroxylamine groups is 1. The summed E-state index contributed by atoms with van der Waals surface area (Å²) in [5.74, 6) is -0.0833. The Kier molecular flexibility index (Phi) is 9.83. The fourth-order valence-corrected chi connectivity index (χ4v) is 4.56. The van der Waals surface area contributed by atoms with Crippen LogP contribution in [0.3, 0.4) is 0 Å². The van der Waals surface area contributed by atoms with Gasteiger partial charge < -0.3 is 22.5 Å². The van der Waals surface area contributed by atoms with E-state index in [1.807, 2.05) is 48.5 Å². The van der Waals surface area contributed by atoms with Crippen molar-refractivity contribution >= 4 is 40.0 Å². The number of nitrogen functional groups attached to an aromatic ring is 2. The second-order valence-corrected chi connectivity index (χ2v) is 9.73. The topological polar surface area (TPSA) is 217 Å². The Labute approximate surface area is 252 Å². The Bertz CT molecular complexity index is 1830. The molecule has 0 saturated carbocycles. The summed E-state index contributed by atoms with van der Waals surface area (Å²) in [4.78, 5) is 48.1. The van der Waals surface area contributed by atoms with Gasteiger partial charge in [-0.05, 0) is 55.3 Å². The van der Waals surface area contributed by atoms with E-state index >= 15 is 0 Å². The highest BCUT2D eigenvalue weighted by Crippen LogP contribution is 2.22. The summed E-state index contributed by atoms with van der Waals surface area (Å²) in [5, 5.41) is 12.6. The molecule has 226 valence electrons. The van der Waals surface area contributed by atoms with Crippen molar-refractivity contribution in [2.24, 2.45) is 5.73 Å². The van der Waals surface area contributed by atoms with Gasteiger partial charge in [0.05, 0.1) is 16.6 Å². The minimum atomic E-state index is -0.718. The highest BCUT2D eigenvalue weighted by Gasteiger charge is 2.15. The Morgan fingerprint density at radius 1 is 0.909 bits per heavy atom. The van der Waals surface area contributed by atoms with Crippen LogP contribution in [0.25, 0.3) is 16.6 Å². The van der Waals surface area contributed by atoms with Gasteiger partial charge in [0, 0.05) is 24.2 Å². The van der Waals surface area contributed by atoms with Gasteiger partial charge in [-0.1, -0.05) is 43.3 Å². The molecule has 44 heavy (non-hydrogen) atoms. The van der Waals surface area contributed by atoms with Crippen LogP contribution in [0.1, 0.15) is 51.3 Å². The molecule has 0 saturated heterocycles. The van der Waals surface area contributed by atoms with Crippen LogP contribution in [0.15, 0.2) is 77.6 Å². The molecule has 2 heterocycles. The van der Waals surface area contributed by atoms with Gasteiger partial charge in [0.25, 0.3) is 17.4 Å². The van der Waals surface area contributed by atoms with Gasteiger partial charge in [-0.15, -0.1) is 0 Å². The number of benzene rings is 3. The molecule has 0 atom stereocenters. The van der Waals surface area contributed by atoms with Gasteiger partial charge >= 0.3 is 0 Å². The molecule has 13 nitrogen and oxygen atoms in total. The normalized spacial score (nSPS) is 10.5. The molecule has 5 aromatic rings. The van der Waals surface area contributed by atoms with Crippen LogP contribution in [0.5, 0.6) is 0 Å². The van der Waals surface area contributed by atoms with Crippen molar-refractivity contribution in [3.63, 3.8) is 0 Å². The first-order chi connectivity index (χ1) is 21.1. The lowest BCUT2D eigenvalue weighted by atomic mass is 10.1. The molecule has 9 N–H and O–H groups in total. The quantitative estimate of drug-likeness (QED) is 0.114. The van der Waals surface area contributed by atoms with E-state index in [0.717, 1.165) is 23.5 Å². The average Bonchev–Trinajstić information content (AvgIpc) is 3.00. The Morgan fingerprint density at radius 3 is 2.16 bits per heavy atom. The molecule has 0 aliphatic rings. The van der Waals surface area contributed by atoms with Crippen molar-refractivity contribution in [1.29, 1.82) is 0 Å². The van der Waals surface area contributed by atoms with Gasteiger partial charge in [-0.2, -0.15) is 0 Å². The molecule has 3 aromatic carbocycles. The molecular formula is C31H33N9O4. The van der Waals surface area contributed by atoms with Crippen molar-refractivity contribution in [3.8, 4) is 5.69 Å². The summed E-state index contributed by atoms with van der Waals surface area (Å²) in [6.45, 7) is 4.15. The number of aromatic nitrogens is 4. The number of carbonyl (C=O) groups is 2. The first kappa shape index (κ1) is 31.1. The molecule has 0 bridgehead atoms. The van der Waals surface area contributed by atoms with Crippen LogP contribution in [0.2, 0.25) is 0 Å². The molecule has 0 unspecified atom stereocenters. The second-order valence-electron chi connectivity index (χ2n) is 9.73. The van der Waals surface area contributed by atoms with E-state index in [2.05, 4.69) is 22.2 Å². The SMILES string of the molecule is CCCc1nc2cccc(NCc3ccc(C(=O)NO)cc3)c2c(=O)n1-c1ccccc1.Cc1nc(N)c(C(N)=O)c(N)n1. The number of rotatable bonds is 8. The number of primary amides is 1. The number of nitrogens with one attached hydrogen (secondary N) is 2. The second kappa shape index (κ2) is 13.9. The number of nitrogens with zero attached hydrogens (tertiary/aromatic N) is 4. The lowest BCUT2D eigenvalue weighted by Gasteiger charge is -2.15. The smallest absolute Gasteiger partial charge is 0.274 e. The predicted molar refractivity (Wildman–Crippen MR) is 168 cm³/mol. The van der Waals surface area contributed by atoms with Gasteiger partial charge in [-0.3, -0.25) is 24.2 Å². The summed E-state index contributed by atoms with van der Waals surface area (Å²) < 4.78 is 1.69. The lowest BCUT2D eigenvalue weighted by Crippen LogP contribution is -2.24. The Hall–Kier alpha value is -5.82. The summed E-state index contributed by atoms with van der Waals surface area (Å²) in [6.07, 6.45) is 1.58. The minimum absolute atomic E-state index is 0.0133. The Morgan fingerprint density at radius 2 is 1.57 bits per heavy atom. The summed E-state index contributed by atoms with van der Waals surface area (Å²) in [7, 11) is 0.